The molecule has 1 fully saturated rings. The molecule has 1 N–H and O–H groups in total. The maximum Gasteiger partial charge on any atom is 0.417 e. The van der Waals surface area contributed by atoms with E-state index in [1.807, 2.05) is 0 Å². The Morgan fingerprint density at radius 3 is 2.50 bits per heavy atom. The number of carbonyl (C=O) groups is 1. The lowest BCUT2D eigenvalue weighted by Gasteiger charge is -2.31. The number of aromatic nitrogens is 1. The molecule has 0 bridgehead atoms. The second kappa shape index (κ2) is 4.47. The Morgan fingerprint density at radius 1 is 1.39 bits per heavy atom. The summed E-state index contributed by atoms with van der Waals surface area (Å²) in [6.45, 7) is 0. The van der Waals surface area contributed by atoms with Gasteiger partial charge in [0, 0.05) is 12.3 Å². The van der Waals surface area contributed by atoms with Crippen LogP contribution in [0.4, 0.5) is 13.2 Å². The number of hydrogen-bond donors (Lipinski definition) is 1. The van der Waals surface area contributed by atoms with Gasteiger partial charge in [-0.2, -0.15) is 13.2 Å². The van der Waals surface area contributed by atoms with E-state index in [4.69, 9.17) is 9.84 Å². The molecule has 7 heteroatoms. The number of alkyl halides is 3. The van der Waals surface area contributed by atoms with E-state index in [0.29, 0.717) is 19.0 Å². The minimum absolute atomic E-state index is 0.0804. The van der Waals surface area contributed by atoms with Crippen molar-refractivity contribution in [1.82, 2.24) is 4.98 Å². The van der Waals surface area contributed by atoms with E-state index in [1.165, 1.54) is 0 Å². The SMILES string of the molecule is O=C(O)[C@H]1C[C@H](Oc2ccc(C(F)(F)F)cn2)C1. The molecule has 1 heterocycles. The van der Waals surface area contributed by atoms with Crippen LogP contribution < -0.4 is 4.74 Å². The average molecular weight is 261 g/mol. The number of halogens is 3. The summed E-state index contributed by atoms with van der Waals surface area (Å²) in [4.78, 5) is 14.1. The molecule has 1 aromatic heterocycles. The molecule has 0 saturated heterocycles. The number of aliphatic carboxylic acids is 1. The van der Waals surface area contributed by atoms with Crippen molar-refractivity contribution in [3.8, 4) is 5.88 Å². The summed E-state index contributed by atoms with van der Waals surface area (Å²) in [7, 11) is 0. The zero-order chi connectivity index (χ0) is 13.3. The van der Waals surface area contributed by atoms with Gasteiger partial charge in [0.15, 0.2) is 0 Å². The van der Waals surface area contributed by atoms with Gasteiger partial charge in [-0.1, -0.05) is 0 Å². The Labute approximate surface area is 100 Å². The Balaban J connectivity index is 1.90. The van der Waals surface area contributed by atoms with Crippen LogP contribution in [0.15, 0.2) is 18.3 Å². The Hall–Kier alpha value is -1.79. The maximum absolute atomic E-state index is 12.3. The summed E-state index contributed by atoms with van der Waals surface area (Å²) in [5, 5.41) is 8.65. The fraction of sp³-hybridized carbons (Fsp3) is 0.455. The number of nitrogens with zero attached hydrogens (tertiary/aromatic N) is 1. The Kier molecular flexibility index (Phi) is 3.14. The van der Waals surface area contributed by atoms with E-state index in [2.05, 4.69) is 4.98 Å². The minimum atomic E-state index is -4.42. The second-order valence-electron chi connectivity index (χ2n) is 4.13. The van der Waals surface area contributed by atoms with Crippen molar-refractivity contribution in [2.75, 3.05) is 0 Å². The van der Waals surface area contributed by atoms with Crippen LogP contribution in [-0.4, -0.2) is 22.2 Å². The summed E-state index contributed by atoms with van der Waals surface area (Å²) in [6.07, 6.45) is -3.29. The quantitative estimate of drug-likeness (QED) is 0.907. The molecule has 1 aliphatic carbocycles. The highest BCUT2D eigenvalue weighted by molar-refractivity contribution is 5.71. The zero-order valence-corrected chi connectivity index (χ0v) is 9.15. The van der Waals surface area contributed by atoms with Gasteiger partial charge in [0.05, 0.1) is 11.5 Å². The predicted molar refractivity (Wildman–Crippen MR) is 54.0 cm³/mol. The third-order valence-corrected chi connectivity index (χ3v) is 2.80. The molecule has 2 rings (SSSR count). The third-order valence-electron chi connectivity index (χ3n) is 2.80. The van der Waals surface area contributed by atoms with Crippen LogP contribution in [0, 0.1) is 5.92 Å². The summed E-state index contributed by atoms with van der Waals surface area (Å²) in [6, 6.07) is 2.02. The normalized spacial score (nSPS) is 23.3. The Morgan fingerprint density at radius 2 is 2.06 bits per heavy atom. The fourth-order valence-electron chi connectivity index (χ4n) is 1.65. The van der Waals surface area contributed by atoms with Gasteiger partial charge < -0.3 is 9.84 Å². The van der Waals surface area contributed by atoms with Crippen LogP contribution in [-0.2, 0) is 11.0 Å². The average Bonchev–Trinajstić information content (AvgIpc) is 2.21. The van der Waals surface area contributed by atoms with E-state index in [-0.39, 0.29) is 12.0 Å². The standard InChI is InChI=1S/C11H10F3NO3/c12-11(13,14)7-1-2-9(15-5-7)18-8-3-6(4-8)10(16)17/h1-2,5-6,8H,3-4H2,(H,16,17)/t6-,8-. The number of rotatable bonds is 3. The molecule has 1 saturated carbocycles. The first kappa shape index (κ1) is 12.7. The fourth-order valence-corrected chi connectivity index (χ4v) is 1.65. The van der Waals surface area contributed by atoms with Gasteiger partial charge in [-0.3, -0.25) is 4.79 Å². The number of carboxylic acid groups (broad SMARTS) is 1. The van der Waals surface area contributed by atoms with Crippen LogP contribution in [0.25, 0.3) is 0 Å². The largest absolute Gasteiger partial charge is 0.481 e. The number of carboxylic acids is 1. The van der Waals surface area contributed by atoms with Crippen molar-refractivity contribution in [2.24, 2.45) is 5.92 Å². The molecule has 4 nitrogen and oxygen atoms in total. The highest BCUT2D eigenvalue weighted by Crippen LogP contribution is 2.32. The summed E-state index contributed by atoms with van der Waals surface area (Å²) in [5.74, 6) is -1.23. The first-order chi connectivity index (χ1) is 8.36. The van der Waals surface area contributed by atoms with E-state index < -0.39 is 23.6 Å². The molecule has 1 aliphatic rings. The lowest BCUT2D eigenvalue weighted by molar-refractivity contribution is -0.148. The van der Waals surface area contributed by atoms with Crippen molar-refractivity contribution in [3.05, 3.63) is 23.9 Å². The van der Waals surface area contributed by atoms with Crippen molar-refractivity contribution in [3.63, 3.8) is 0 Å². The van der Waals surface area contributed by atoms with Gasteiger partial charge in [0.1, 0.15) is 6.10 Å². The highest BCUT2D eigenvalue weighted by Gasteiger charge is 2.36. The topological polar surface area (TPSA) is 59.4 Å². The molecule has 1 aromatic rings. The molecule has 98 valence electrons. The van der Waals surface area contributed by atoms with Crippen molar-refractivity contribution >= 4 is 5.97 Å². The lowest BCUT2D eigenvalue weighted by Crippen LogP contribution is -2.38. The third kappa shape index (κ3) is 2.72. The van der Waals surface area contributed by atoms with Gasteiger partial charge in [-0.05, 0) is 18.9 Å². The van der Waals surface area contributed by atoms with Crippen molar-refractivity contribution in [1.29, 1.82) is 0 Å². The molecule has 0 amide bonds. The van der Waals surface area contributed by atoms with Crippen LogP contribution in [0.3, 0.4) is 0 Å². The first-order valence-electron chi connectivity index (χ1n) is 5.29. The highest BCUT2D eigenvalue weighted by atomic mass is 19.4. The molecular weight excluding hydrogens is 251 g/mol. The van der Waals surface area contributed by atoms with Crippen LogP contribution >= 0.6 is 0 Å². The van der Waals surface area contributed by atoms with E-state index in [0.717, 1.165) is 12.1 Å². The van der Waals surface area contributed by atoms with Crippen molar-refractivity contribution < 1.29 is 27.8 Å². The van der Waals surface area contributed by atoms with E-state index in [9.17, 15) is 18.0 Å². The lowest BCUT2D eigenvalue weighted by atomic mass is 9.82. The van der Waals surface area contributed by atoms with Crippen LogP contribution in [0.2, 0.25) is 0 Å². The smallest absolute Gasteiger partial charge is 0.417 e. The number of hydrogen-bond acceptors (Lipinski definition) is 3. The summed E-state index contributed by atoms with van der Waals surface area (Å²) in [5.41, 5.74) is -0.841. The van der Waals surface area contributed by atoms with Gasteiger partial charge in [0.25, 0.3) is 0 Å². The van der Waals surface area contributed by atoms with Crippen LogP contribution in [0.5, 0.6) is 5.88 Å². The number of ether oxygens (including phenoxy) is 1. The van der Waals surface area contributed by atoms with Crippen LogP contribution in [0.1, 0.15) is 18.4 Å². The van der Waals surface area contributed by atoms with Crippen molar-refractivity contribution in [2.45, 2.75) is 25.1 Å². The molecule has 0 unspecified atom stereocenters. The molecule has 0 radical (unpaired) electrons. The number of pyridine rings is 1. The monoisotopic (exact) mass is 261 g/mol. The Bertz CT molecular complexity index is 438. The first-order valence-corrected chi connectivity index (χ1v) is 5.29. The minimum Gasteiger partial charge on any atom is -0.481 e. The van der Waals surface area contributed by atoms with E-state index >= 15 is 0 Å². The molecule has 0 spiro atoms. The zero-order valence-electron chi connectivity index (χ0n) is 9.15. The molecule has 0 aromatic carbocycles. The second-order valence-corrected chi connectivity index (χ2v) is 4.13. The summed E-state index contributed by atoms with van der Waals surface area (Å²) < 4.78 is 42.0. The van der Waals surface area contributed by atoms with Gasteiger partial charge >= 0.3 is 12.1 Å². The maximum atomic E-state index is 12.3. The van der Waals surface area contributed by atoms with E-state index in [1.54, 1.807) is 0 Å². The van der Waals surface area contributed by atoms with Gasteiger partial charge in [0.2, 0.25) is 5.88 Å². The predicted octanol–water partition coefficient (Wildman–Crippen LogP) is 2.34. The molecule has 0 aliphatic heterocycles. The molecular formula is C11H10F3NO3. The summed E-state index contributed by atoms with van der Waals surface area (Å²) >= 11 is 0. The van der Waals surface area contributed by atoms with Gasteiger partial charge in [-0.15, -0.1) is 0 Å². The molecule has 0 atom stereocenters. The van der Waals surface area contributed by atoms with Gasteiger partial charge in [-0.25, -0.2) is 4.98 Å². The molecule has 18 heavy (non-hydrogen) atoms.